The fraction of sp³-hybridized carbons (Fsp3) is 0.500. The Labute approximate surface area is 70.9 Å². The Hall–Kier alpha value is -1.32. The lowest BCUT2D eigenvalue weighted by atomic mass is 10.1. The minimum Gasteiger partial charge on any atom is -0.338 e. The van der Waals surface area contributed by atoms with Crippen molar-refractivity contribution in [1.82, 2.24) is 5.16 Å². The third-order valence-electron chi connectivity index (χ3n) is 1.42. The van der Waals surface area contributed by atoms with E-state index in [1.165, 1.54) is 6.92 Å². The van der Waals surface area contributed by atoms with Crippen LogP contribution in [0.5, 0.6) is 0 Å². The van der Waals surface area contributed by atoms with Crippen molar-refractivity contribution in [2.45, 2.75) is 26.7 Å². The number of aromatic nitrogens is 1. The van der Waals surface area contributed by atoms with E-state index in [0.717, 1.165) is 5.69 Å². The van der Waals surface area contributed by atoms with Gasteiger partial charge in [-0.05, 0) is 5.92 Å². The van der Waals surface area contributed by atoms with Crippen molar-refractivity contribution in [3.8, 4) is 0 Å². The summed E-state index contributed by atoms with van der Waals surface area (Å²) in [6.45, 7) is 5.45. The molecule has 4 nitrogen and oxygen atoms in total. The average Bonchev–Trinajstić information content (AvgIpc) is 2.34. The zero-order valence-electron chi connectivity index (χ0n) is 7.42. The normalized spacial score (nSPS) is 10.3. The molecule has 12 heavy (non-hydrogen) atoms. The van der Waals surface area contributed by atoms with Crippen LogP contribution in [0.15, 0.2) is 10.6 Å². The van der Waals surface area contributed by atoms with Gasteiger partial charge < -0.3 is 4.52 Å². The molecule has 1 aromatic rings. The highest BCUT2D eigenvalue weighted by molar-refractivity contribution is 5.87. The Morgan fingerprint density at radius 2 is 2.33 bits per heavy atom. The van der Waals surface area contributed by atoms with Gasteiger partial charge in [0.1, 0.15) is 0 Å². The highest BCUT2D eigenvalue weighted by atomic mass is 16.5. The predicted molar refractivity (Wildman–Crippen MR) is 44.9 cm³/mol. The Bertz CT molecular complexity index is 278. The number of amides is 1. The number of nitrogens with one attached hydrogen (secondary N) is 1. The molecule has 1 aromatic heterocycles. The SMILES string of the molecule is CC(=O)Nc1cc(C(C)C)no1. The van der Waals surface area contributed by atoms with Gasteiger partial charge in [-0.2, -0.15) is 0 Å². The summed E-state index contributed by atoms with van der Waals surface area (Å²) in [6, 6.07) is 1.73. The first-order valence-corrected chi connectivity index (χ1v) is 3.84. The molecule has 0 radical (unpaired) electrons. The zero-order chi connectivity index (χ0) is 9.14. The zero-order valence-corrected chi connectivity index (χ0v) is 7.42. The highest BCUT2D eigenvalue weighted by Crippen LogP contribution is 2.16. The first-order chi connectivity index (χ1) is 5.59. The largest absolute Gasteiger partial charge is 0.338 e. The number of hydrogen-bond acceptors (Lipinski definition) is 3. The van der Waals surface area contributed by atoms with Gasteiger partial charge in [-0.1, -0.05) is 19.0 Å². The molecule has 0 saturated carbocycles. The lowest BCUT2D eigenvalue weighted by Crippen LogP contribution is -2.04. The maximum absolute atomic E-state index is 10.6. The van der Waals surface area contributed by atoms with Crippen LogP contribution in [0.4, 0.5) is 5.88 Å². The predicted octanol–water partition coefficient (Wildman–Crippen LogP) is 1.76. The van der Waals surface area contributed by atoms with Crippen molar-refractivity contribution in [2.24, 2.45) is 0 Å². The molecule has 1 amide bonds. The van der Waals surface area contributed by atoms with Gasteiger partial charge in [0.15, 0.2) is 0 Å². The molecule has 0 spiro atoms. The fourth-order valence-electron chi connectivity index (χ4n) is 0.793. The number of carbonyl (C=O) groups is 1. The summed E-state index contributed by atoms with van der Waals surface area (Å²) in [4.78, 5) is 10.6. The van der Waals surface area contributed by atoms with Gasteiger partial charge in [0.2, 0.25) is 11.8 Å². The molecule has 1 heterocycles. The van der Waals surface area contributed by atoms with Crippen LogP contribution in [-0.4, -0.2) is 11.1 Å². The van der Waals surface area contributed by atoms with Crippen LogP contribution in [0, 0.1) is 0 Å². The number of carbonyl (C=O) groups excluding carboxylic acids is 1. The van der Waals surface area contributed by atoms with Crippen LogP contribution in [0.2, 0.25) is 0 Å². The van der Waals surface area contributed by atoms with Gasteiger partial charge in [-0.25, -0.2) is 0 Å². The van der Waals surface area contributed by atoms with Crippen LogP contribution in [0.1, 0.15) is 32.4 Å². The van der Waals surface area contributed by atoms with Crippen molar-refractivity contribution in [3.63, 3.8) is 0 Å². The van der Waals surface area contributed by atoms with E-state index in [4.69, 9.17) is 4.52 Å². The maximum atomic E-state index is 10.6. The Morgan fingerprint density at radius 1 is 1.67 bits per heavy atom. The molecule has 4 heteroatoms. The van der Waals surface area contributed by atoms with Gasteiger partial charge in [0.05, 0.1) is 5.69 Å². The molecule has 0 atom stereocenters. The second-order valence-corrected chi connectivity index (χ2v) is 2.95. The van der Waals surface area contributed by atoms with E-state index < -0.39 is 0 Å². The van der Waals surface area contributed by atoms with E-state index in [1.54, 1.807) is 6.07 Å². The van der Waals surface area contributed by atoms with Crippen molar-refractivity contribution in [1.29, 1.82) is 0 Å². The van der Waals surface area contributed by atoms with Gasteiger partial charge >= 0.3 is 0 Å². The molecular weight excluding hydrogens is 156 g/mol. The summed E-state index contributed by atoms with van der Waals surface area (Å²) < 4.78 is 4.85. The van der Waals surface area contributed by atoms with Gasteiger partial charge in [-0.3, -0.25) is 10.1 Å². The Morgan fingerprint density at radius 3 is 2.75 bits per heavy atom. The smallest absolute Gasteiger partial charge is 0.231 e. The monoisotopic (exact) mass is 168 g/mol. The van der Waals surface area contributed by atoms with Crippen LogP contribution >= 0.6 is 0 Å². The number of anilines is 1. The second-order valence-electron chi connectivity index (χ2n) is 2.95. The third-order valence-corrected chi connectivity index (χ3v) is 1.42. The van der Waals surface area contributed by atoms with Gasteiger partial charge in [-0.15, -0.1) is 0 Å². The van der Waals surface area contributed by atoms with Gasteiger partial charge in [0, 0.05) is 13.0 Å². The molecule has 1 rings (SSSR count). The summed E-state index contributed by atoms with van der Waals surface area (Å²) in [6.07, 6.45) is 0. The van der Waals surface area contributed by atoms with Crippen molar-refractivity contribution in [3.05, 3.63) is 11.8 Å². The summed E-state index contributed by atoms with van der Waals surface area (Å²) in [7, 11) is 0. The quantitative estimate of drug-likeness (QED) is 0.732. The third kappa shape index (κ3) is 2.08. The summed E-state index contributed by atoms with van der Waals surface area (Å²) in [5, 5.41) is 6.29. The first kappa shape index (κ1) is 8.77. The van der Waals surface area contributed by atoms with Crippen LogP contribution in [0.25, 0.3) is 0 Å². The Kier molecular flexibility index (Phi) is 2.47. The van der Waals surface area contributed by atoms with Gasteiger partial charge in [0.25, 0.3) is 0 Å². The van der Waals surface area contributed by atoms with Crippen LogP contribution in [-0.2, 0) is 4.79 Å². The van der Waals surface area contributed by atoms with Crippen LogP contribution in [0.3, 0.4) is 0 Å². The van der Waals surface area contributed by atoms with E-state index in [2.05, 4.69) is 10.5 Å². The highest BCUT2D eigenvalue weighted by Gasteiger charge is 2.07. The van der Waals surface area contributed by atoms with E-state index in [1.807, 2.05) is 13.8 Å². The molecule has 0 unspecified atom stereocenters. The average molecular weight is 168 g/mol. The van der Waals surface area contributed by atoms with E-state index in [0.29, 0.717) is 11.8 Å². The molecular formula is C8H12N2O2. The number of nitrogens with zero attached hydrogens (tertiary/aromatic N) is 1. The molecule has 0 aliphatic carbocycles. The molecule has 0 aliphatic heterocycles. The van der Waals surface area contributed by atoms with Crippen molar-refractivity contribution in [2.75, 3.05) is 5.32 Å². The first-order valence-electron chi connectivity index (χ1n) is 3.84. The summed E-state index contributed by atoms with van der Waals surface area (Å²) in [5.41, 5.74) is 0.846. The molecule has 1 N–H and O–H groups in total. The van der Waals surface area contributed by atoms with E-state index in [-0.39, 0.29) is 5.91 Å². The molecule has 0 fully saturated rings. The fourth-order valence-corrected chi connectivity index (χ4v) is 0.793. The Balaban J connectivity index is 2.70. The van der Waals surface area contributed by atoms with Crippen molar-refractivity contribution < 1.29 is 9.32 Å². The van der Waals surface area contributed by atoms with E-state index >= 15 is 0 Å². The molecule has 0 aliphatic rings. The van der Waals surface area contributed by atoms with Crippen molar-refractivity contribution >= 4 is 11.8 Å². The van der Waals surface area contributed by atoms with Crippen LogP contribution < -0.4 is 5.32 Å². The minimum absolute atomic E-state index is 0.151. The lowest BCUT2D eigenvalue weighted by Gasteiger charge is -1.93. The van der Waals surface area contributed by atoms with E-state index in [9.17, 15) is 4.79 Å². The topological polar surface area (TPSA) is 55.1 Å². The summed E-state index contributed by atoms with van der Waals surface area (Å²) in [5.74, 6) is 0.573. The molecule has 66 valence electrons. The second kappa shape index (κ2) is 3.38. The summed E-state index contributed by atoms with van der Waals surface area (Å²) >= 11 is 0. The number of hydrogen-bond donors (Lipinski definition) is 1. The molecule has 0 aromatic carbocycles. The minimum atomic E-state index is -0.151. The lowest BCUT2D eigenvalue weighted by molar-refractivity contribution is -0.114. The molecule has 0 saturated heterocycles. The number of rotatable bonds is 2. The maximum Gasteiger partial charge on any atom is 0.231 e. The molecule has 0 bridgehead atoms. The standard InChI is InChI=1S/C8H12N2O2/c1-5(2)7-4-8(12-10-7)9-6(3)11/h4-5H,1-3H3,(H,9,11).